The molecule has 3 aromatic rings. The van der Waals surface area contributed by atoms with E-state index in [0.29, 0.717) is 24.7 Å². The highest BCUT2D eigenvalue weighted by Gasteiger charge is 2.14. The Morgan fingerprint density at radius 2 is 2.14 bits per heavy atom. The lowest BCUT2D eigenvalue weighted by Crippen LogP contribution is -2.18. The van der Waals surface area contributed by atoms with Crippen molar-refractivity contribution >= 4 is 11.5 Å². The predicted molar refractivity (Wildman–Crippen MR) is 78.7 cm³/mol. The number of aromatic nitrogens is 4. The Hall–Kier alpha value is -2.12. The van der Waals surface area contributed by atoms with Crippen LogP contribution in [0.5, 0.6) is 0 Å². The highest BCUT2D eigenvalue weighted by Crippen LogP contribution is 2.13. The number of rotatable bonds is 6. The monoisotopic (exact) mass is 301 g/mol. The van der Waals surface area contributed by atoms with Crippen molar-refractivity contribution in [3.8, 4) is 0 Å². The summed E-state index contributed by atoms with van der Waals surface area (Å²) in [5.41, 5.74) is 2.08. The summed E-state index contributed by atoms with van der Waals surface area (Å²) >= 11 is 1.34. The fourth-order valence-corrected chi connectivity index (χ4v) is 2.35. The van der Waals surface area contributed by atoms with E-state index in [1.807, 2.05) is 42.6 Å². The summed E-state index contributed by atoms with van der Waals surface area (Å²) < 4.78 is 9.14. The number of benzene rings is 1. The first kappa shape index (κ1) is 13.8. The molecule has 0 aliphatic carbocycles. The molecule has 0 amide bonds. The SMILES string of the molecule is C[C@H](NCc1csnn1)c1nc(Cc2ccccc2)no1. The molecule has 108 valence electrons. The summed E-state index contributed by atoms with van der Waals surface area (Å²) in [6.07, 6.45) is 0.674. The third-order valence-corrected chi connectivity index (χ3v) is 3.61. The number of hydrogen-bond donors (Lipinski definition) is 1. The lowest BCUT2D eigenvalue weighted by Gasteiger charge is -2.06. The highest BCUT2D eigenvalue weighted by molar-refractivity contribution is 7.03. The van der Waals surface area contributed by atoms with Crippen LogP contribution in [0.3, 0.4) is 0 Å². The molecule has 1 N–H and O–H groups in total. The standard InChI is InChI=1S/C14H15N5OS/c1-10(15-8-12-9-21-19-17-12)14-16-13(18-20-14)7-11-5-3-2-4-6-11/h2-6,9-10,15H,7-8H2,1H3/t10-/m0/s1. The van der Waals surface area contributed by atoms with Crippen molar-refractivity contribution in [2.24, 2.45) is 0 Å². The zero-order valence-electron chi connectivity index (χ0n) is 11.6. The minimum absolute atomic E-state index is 0.0243. The van der Waals surface area contributed by atoms with Gasteiger partial charge in [-0.25, -0.2) is 0 Å². The van der Waals surface area contributed by atoms with Gasteiger partial charge in [-0.2, -0.15) is 4.98 Å². The van der Waals surface area contributed by atoms with Gasteiger partial charge in [-0.05, 0) is 24.0 Å². The molecule has 1 aromatic carbocycles. The van der Waals surface area contributed by atoms with Gasteiger partial charge in [0.25, 0.3) is 0 Å². The third-order valence-electron chi connectivity index (χ3n) is 3.05. The molecule has 0 bridgehead atoms. The summed E-state index contributed by atoms with van der Waals surface area (Å²) in [5, 5.41) is 13.2. The van der Waals surface area contributed by atoms with E-state index >= 15 is 0 Å². The van der Waals surface area contributed by atoms with Crippen molar-refractivity contribution in [3.63, 3.8) is 0 Å². The molecular formula is C14H15N5OS. The predicted octanol–water partition coefficient (Wildman–Crippen LogP) is 2.36. The van der Waals surface area contributed by atoms with Crippen molar-refractivity contribution in [1.82, 2.24) is 25.0 Å². The molecule has 2 heterocycles. The van der Waals surface area contributed by atoms with Crippen molar-refractivity contribution in [1.29, 1.82) is 0 Å². The highest BCUT2D eigenvalue weighted by atomic mass is 32.1. The Morgan fingerprint density at radius 3 is 2.90 bits per heavy atom. The van der Waals surface area contributed by atoms with Gasteiger partial charge in [0.1, 0.15) is 0 Å². The smallest absolute Gasteiger partial charge is 0.243 e. The second-order valence-electron chi connectivity index (χ2n) is 4.71. The first-order valence-electron chi connectivity index (χ1n) is 6.67. The Kier molecular flexibility index (Phi) is 4.32. The maximum absolute atomic E-state index is 5.31. The van der Waals surface area contributed by atoms with E-state index in [1.54, 1.807) is 0 Å². The lowest BCUT2D eigenvalue weighted by atomic mass is 10.1. The molecule has 6 nitrogen and oxygen atoms in total. The second kappa shape index (κ2) is 6.55. The van der Waals surface area contributed by atoms with Gasteiger partial charge in [0.2, 0.25) is 5.89 Å². The first-order valence-corrected chi connectivity index (χ1v) is 7.50. The Balaban J connectivity index is 1.59. The molecule has 0 aliphatic heterocycles. The van der Waals surface area contributed by atoms with Crippen LogP contribution in [-0.2, 0) is 13.0 Å². The van der Waals surface area contributed by atoms with Gasteiger partial charge < -0.3 is 9.84 Å². The Labute approximate surface area is 126 Å². The summed E-state index contributed by atoms with van der Waals surface area (Å²) in [6.45, 7) is 2.62. The van der Waals surface area contributed by atoms with Gasteiger partial charge >= 0.3 is 0 Å². The van der Waals surface area contributed by atoms with Crippen LogP contribution in [0.25, 0.3) is 0 Å². The fourth-order valence-electron chi connectivity index (χ4n) is 1.90. The van der Waals surface area contributed by atoms with Crippen molar-refractivity contribution in [2.75, 3.05) is 0 Å². The molecular weight excluding hydrogens is 286 g/mol. The fraction of sp³-hybridized carbons (Fsp3) is 0.286. The van der Waals surface area contributed by atoms with Crippen LogP contribution in [0.2, 0.25) is 0 Å². The molecule has 21 heavy (non-hydrogen) atoms. The molecule has 0 radical (unpaired) electrons. The summed E-state index contributed by atoms with van der Waals surface area (Å²) in [6, 6.07) is 10.1. The van der Waals surface area contributed by atoms with Gasteiger partial charge in [-0.1, -0.05) is 40.0 Å². The molecule has 0 aliphatic rings. The number of hydrogen-bond acceptors (Lipinski definition) is 7. The van der Waals surface area contributed by atoms with Gasteiger partial charge in [0, 0.05) is 18.3 Å². The molecule has 7 heteroatoms. The van der Waals surface area contributed by atoms with E-state index in [9.17, 15) is 0 Å². The van der Waals surface area contributed by atoms with E-state index in [2.05, 4.69) is 25.0 Å². The van der Waals surface area contributed by atoms with E-state index in [-0.39, 0.29) is 6.04 Å². The zero-order chi connectivity index (χ0) is 14.5. The molecule has 0 saturated heterocycles. The summed E-state index contributed by atoms with van der Waals surface area (Å²) in [4.78, 5) is 4.43. The molecule has 0 spiro atoms. The van der Waals surface area contributed by atoms with Crippen molar-refractivity contribution in [2.45, 2.75) is 25.9 Å². The van der Waals surface area contributed by atoms with Crippen LogP contribution in [-0.4, -0.2) is 19.7 Å². The van der Waals surface area contributed by atoms with Gasteiger partial charge in [-0.15, -0.1) is 5.10 Å². The van der Waals surface area contributed by atoms with Gasteiger partial charge in [-0.3, -0.25) is 0 Å². The molecule has 1 atom stereocenters. The van der Waals surface area contributed by atoms with Crippen LogP contribution in [0.15, 0.2) is 40.2 Å². The maximum Gasteiger partial charge on any atom is 0.243 e. The first-order chi connectivity index (χ1) is 10.3. The molecule has 0 unspecified atom stereocenters. The average Bonchev–Trinajstić information content (AvgIpc) is 3.17. The minimum atomic E-state index is -0.0243. The van der Waals surface area contributed by atoms with Crippen LogP contribution in [0.4, 0.5) is 0 Å². The van der Waals surface area contributed by atoms with Crippen molar-refractivity contribution in [3.05, 3.63) is 58.7 Å². The quantitative estimate of drug-likeness (QED) is 0.753. The third kappa shape index (κ3) is 3.71. The van der Waals surface area contributed by atoms with E-state index in [1.165, 1.54) is 17.1 Å². The zero-order valence-corrected chi connectivity index (χ0v) is 12.4. The lowest BCUT2D eigenvalue weighted by molar-refractivity contribution is 0.335. The van der Waals surface area contributed by atoms with Crippen molar-refractivity contribution < 1.29 is 4.52 Å². The normalized spacial score (nSPS) is 12.4. The van der Waals surface area contributed by atoms with Crippen LogP contribution < -0.4 is 5.32 Å². The topological polar surface area (TPSA) is 76.7 Å². The van der Waals surface area contributed by atoms with E-state index in [4.69, 9.17) is 4.52 Å². The molecule has 0 saturated carbocycles. The average molecular weight is 301 g/mol. The molecule has 0 fully saturated rings. The molecule has 2 aromatic heterocycles. The maximum atomic E-state index is 5.31. The molecule has 3 rings (SSSR count). The summed E-state index contributed by atoms with van der Waals surface area (Å²) in [5.74, 6) is 1.28. The summed E-state index contributed by atoms with van der Waals surface area (Å²) in [7, 11) is 0. The Morgan fingerprint density at radius 1 is 1.29 bits per heavy atom. The Bertz CT molecular complexity index is 668. The van der Waals surface area contributed by atoms with Gasteiger partial charge in [0.05, 0.1) is 11.7 Å². The number of nitrogens with zero attached hydrogens (tertiary/aromatic N) is 4. The van der Waals surface area contributed by atoms with E-state index < -0.39 is 0 Å². The largest absolute Gasteiger partial charge is 0.338 e. The second-order valence-corrected chi connectivity index (χ2v) is 5.32. The number of nitrogens with one attached hydrogen (secondary N) is 1. The van der Waals surface area contributed by atoms with Crippen LogP contribution in [0, 0.1) is 0 Å². The van der Waals surface area contributed by atoms with Gasteiger partial charge in [0.15, 0.2) is 5.82 Å². The van der Waals surface area contributed by atoms with Crippen LogP contribution in [0.1, 0.15) is 35.9 Å². The van der Waals surface area contributed by atoms with E-state index in [0.717, 1.165) is 5.69 Å². The minimum Gasteiger partial charge on any atom is -0.338 e. The van der Waals surface area contributed by atoms with Crippen LogP contribution >= 0.6 is 11.5 Å².